The molecule has 0 radical (unpaired) electrons. The van der Waals surface area contributed by atoms with Crippen LogP contribution in [0.15, 0.2) is 54.9 Å². The van der Waals surface area contributed by atoms with Gasteiger partial charge in [-0.3, -0.25) is 4.98 Å². The maximum absolute atomic E-state index is 6.79. The van der Waals surface area contributed by atoms with Gasteiger partial charge in [-0.2, -0.15) is 0 Å². The molecule has 1 aromatic carbocycles. The van der Waals surface area contributed by atoms with Crippen LogP contribution >= 0.6 is 0 Å². The summed E-state index contributed by atoms with van der Waals surface area (Å²) in [5.74, 6) is 0. The van der Waals surface area contributed by atoms with E-state index in [0.717, 1.165) is 24.7 Å². The van der Waals surface area contributed by atoms with Gasteiger partial charge in [-0.25, -0.2) is 0 Å². The van der Waals surface area contributed by atoms with Gasteiger partial charge in [0, 0.05) is 25.0 Å². The molecular formula is C21H32N2OSi. The minimum Gasteiger partial charge on any atom is -0.409 e. The Bertz CT molecular complexity index is 594. The highest BCUT2D eigenvalue weighted by atomic mass is 28.4. The van der Waals surface area contributed by atoms with Gasteiger partial charge in [0.05, 0.1) is 6.10 Å². The molecule has 0 aliphatic rings. The SMILES string of the molecule is CC[Si](CC)(CC)OC(CNC(C)c1ccccc1)c1cccnc1. The zero-order valence-corrected chi connectivity index (χ0v) is 17.0. The topological polar surface area (TPSA) is 34.1 Å². The van der Waals surface area contributed by atoms with Crippen molar-refractivity contribution in [1.29, 1.82) is 0 Å². The van der Waals surface area contributed by atoms with E-state index in [1.54, 1.807) is 0 Å². The van der Waals surface area contributed by atoms with E-state index in [1.807, 2.05) is 18.5 Å². The Morgan fingerprint density at radius 1 is 0.960 bits per heavy atom. The summed E-state index contributed by atoms with van der Waals surface area (Å²) in [6.45, 7) is 9.84. The van der Waals surface area contributed by atoms with Crippen LogP contribution in [0.25, 0.3) is 0 Å². The second-order valence-corrected chi connectivity index (χ2v) is 11.4. The predicted octanol–water partition coefficient (Wildman–Crippen LogP) is 5.50. The summed E-state index contributed by atoms with van der Waals surface area (Å²) in [6.07, 6.45) is 3.83. The van der Waals surface area contributed by atoms with Gasteiger partial charge in [-0.1, -0.05) is 57.2 Å². The maximum Gasteiger partial charge on any atom is 0.192 e. The van der Waals surface area contributed by atoms with E-state index >= 15 is 0 Å². The quantitative estimate of drug-likeness (QED) is 0.571. The minimum atomic E-state index is -1.68. The summed E-state index contributed by atoms with van der Waals surface area (Å²) in [5, 5.41) is 3.66. The molecule has 0 saturated heterocycles. The van der Waals surface area contributed by atoms with Crippen LogP contribution in [0.2, 0.25) is 18.1 Å². The first-order valence-electron chi connectivity index (χ1n) is 9.50. The molecule has 2 atom stereocenters. The van der Waals surface area contributed by atoms with Crippen molar-refractivity contribution in [3.8, 4) is 0 Å². The zero-order valence-electron chi connectivity index (χ0n) is 16.0. The third kappa shape index (κ3) is 5.49. The molecule has 136 valence electrons. The van der Waals surface area contributed by atoms with Gasteiger partial charge in [0.25, 0.3) is 0 Å². The standard InChI is InChI=1S/C21H32N2OSi/c1-5-25(6-2,7-3)24-21(20-14-11-15-22-16-20)17-23-18(4)19-12-9-8-10-13-19/h8-16,18,21,23H,5-7,17H2,1-4H3. The Hall–Kier alpha value is -1.49. The smallest absolute Gasteiger partial charge is 0.192 e. The molecule has 1 N–H and O–H groups in total. The van der Waals surface area contributed by atoms with Crippen molar-refractivity contribution in [2.75, 3.05) is 6.54 Å². The fourth-order valence-corrected chi connectivity index (χ4v) is 6.06. The Kier molecular flexibility index (Phi) is 7.81. The molecule has 4 heteroatoms. The van der Waals surface area contributed by atoms with E-state index in [9.17, 15) is 0 Å². The van der Waals surface area contributed by atoms with Crippen molar-refractivity contribution in [3.63, 3.8) is 0 Å². The highest BCUT2D eigenvalue weighted by Gasteiger charge is 2.32. The number of hydrogen-bond donors (Lipinski definition) is 1. The lowest BCUT2D eigenvalue weighted by molar-refractivity contribution is 0.182. The summed E-state index contributed by atoms with van der Waals surface area (Å²) in [4.78, 5) is 4.31. The Morgan fingerprint density at radius 2 is 1.60 bits per heavy atom. The molecule has 0 aliphatic carbocycles. The van der Waals surface area contributed by atoms with Crippen LogP contribution in [-0.4, -0.2) is 19.8 Å². The number of nitrogens with one attached hydrogen (secondary N) is 1. The third-order valence-corrected chi connectivity index (χ3v) is 9.94. The van der Waals surface area contributed by atoms with Gasteiger partial charge in [0.15, 0.2) is 8.32 Å². The third-order valence-electron chi connectivity index (χ3n) is 5.29. The molecule has 0 saturated carbocycles. The van der Waals surface area contributed by atoms with Crippen LogP contribution in [0, 0.1) is 0 Å². The summed E-state index contributed by atoms with van der Waals surface area (Å²) >= 11 is 0. The van der Waals surface area contributed by atoms with E-state index in [0.29, 0.717) is 6.04 Å². The Labute approximate surface area is 154 Å². The molecule has 1 aromatic heterocycles. The van der Waals surface area contributed by atoms with E-state index in [-0.39, 0.29) is 6.10 Å². The van der Waals surface area contributed by atoms with Crippen LogP contribution in [0.1, 0.15) is 51.0 Å². The van der Waals surface area contributed by atoms with E-state index in [4.69, 9.17) is 4.43 Å². The minimum absolute atomic E-state index is 0.0615. The lowest BCUT2D eigenvalue weighted by Gasteiger charge is -2.34. The average Bonchev–Trinajstić information content (AvgIpc) is 2.70. The first-order valence-corrected chi connectivity index (χ1v) is 12.0. The van der Waals surface area contributed by atoms with Crippen molar-refractivity contribution in [1.82, 2.24) is 10.3 Å². The van der Waals surface area contributed by atoms with Gasteiger partial charge in [0.2, 0.25) is 0 Å². The second kappa shape index (κ2) is 9.85. The van der Waals surface area contributed by atoms with Gasteiger partial charge in [-0.15, -0.1) is 0 Å². The number of hydrogen-bond acceptors (Lipinski definition) is 3. The highest BCUT2D eigenvalue weighted by molar-refractivity contribution is 6.73. The average molecular weight is 357 g/mol. The monoisotopic (exact) mass is 356 g/mol. The van der Waals surface area contributed by atoms with Crippen molar-refractivity contribution in [3.05, 3.63) is 66.0 Å². The molecule has 25 heavy (non-hydrogen) atoms. The van der Waals surface area contributed by atoms with Crippen LogP contribution in [0.4, 0.5) is 0 Å². The molecule has 1 heterocycles. The first-order chi connectivity index (χ1) is 12.1. The lowest BCUT2D eigenvalue weighted by atomic mass is 10.1. The van der Waals surface area contributed by atoms with E-state index in [2.05, 4.69) is 74.4 Å². The molecule has 0 bridgehead atoms. The number of aromatic nitrogens is 1. The normalized spacial score (nSPS) is 14.2. The molecule has 0 amide bonds. The molecule has 0 aliphatic heterocycles. The van der Waals surface area contributed by atoms with Crippen LogP contribution in [0.5, 0.6) is 0 Å². The highest BCUT2D eigenvalue weighted by Crippen LogP contribution is 2.29. The van der Waals surface area contributed by atoms with Gasteiger partial charge >= 0.3 is 0 Å². The van der Waals surface area contributed by atoms with E-state index in [1.165, 1.54) is 11.1 Å². The van der Waals surface area contributed by atoms with E-state index < -0.39 is 8.32 Å². The first kappa shape index (κ1) is 19.8. The largest absolute Gasteiger partial charge is 0.409 e. The molecule has 3 nitrogen and oxygen atoms in total. The second-order valence-electron chi connectivity index (χ2n) is 6.68. The summed E-state index contributed by atoms with van der Waals surface area (Å²) in [5.41, 5.74) is 2.47. The number of nitrogens with zero attached hydrogens (tertiary/aromatic N) is 1. The summed E-state index contributed by atoms with van der Waals surface area (Å²) < 4.78 is 6.79. The molecule has 0 fully saturated rings. The number of rotatable bonds is 10. The van der Waals surface area contributed by atoms with Crippen LogP contribution in [-0.2, 0) is 4.43 Å². The molecule has 0 spiro atoms. The summed E-state index contributed by atoms with van der Waals surface area (Å²) in [6, 6.07) is 18.5. The van der Waals surface area contributed by atoms with Crippen molar-refractivity contribution in [2.24, 2.45) is 0 Å². The van der Waals surface area contributed by atoms with Crippen LogP contribution < -0.4 is 5.32 Å². The number of benzene rings is 1. The predicted molar refractivity (Wildman–Crippen MR) is 108 cm³/mol. The molecule has 2 aromatic rings. The fourth-order valence-electron chi connectivity index (χ4n) is 3.24. The lowest BCUT2D eigenvalue weighted by Crippen LogP contribution is -2.40. The maximum atomic E-state index is 6.79. The van der Waals surface area contributed by atoms with Crippen LogP contribution in [0.3, 0.4) is 0 Å². The fraction of sp³-hybridized carbons (Fsp3) is 0.476. The summed E-state index contributed by atoms with van der Waals surface area (Å²) in [7, 11) is -1.68. The van der Waals surface area contributed by atoms with Gasteiger partial charge in [0.1, 0.15) is 0 Å². The molecular weight excluding hydrogens is 324 g/mol. The number of pyridine rings is 1. The van der Waals surface area contributed by atoms with Crippen molar-refractivity contribution in [2.45, 2.75) is 58.0 Å². The zero-order chi connectivity index (χ0) is 18.1. The van der Waals surface area contributed by atoms with Gasteiger partial charge in [-0.05, 0) is 42.2 Å². The Balaban J connectivity index is 2.12. The molecule has 2 unspecified atom stereocenters. The van der Waals surface area contributed by atoms with Crippen molar-refractivity contribution >= 4 is 8.32 Å². The molecule has 2 rings (SSSR count). The van der Waals surface area contributed by atoms with Crippen molar-refractivity contribution < 1.29 is 4.43 Å². The van der Waals surface area contributed by atoms with Gasteiger partial charge < -0.3 is 9.74 Å². The Morgan fingerprint density at radius 3 is 2.16 bits per heavy atom.